The maximum Gasteiger partial charge on any atom is 0.416 e. The van der Waals surface area contributed by atoms with Crippen LogP contribution in [0.1, 0.15) is 36.0 Å². The van der Waals surface area contributed by atoms with Crippen LogP contribution in [0.3, 0.4) is 0 Å². The van der Waals surface area contributed by atoms with Crippen molar-refractivity contribution in [2.24, 2.45) is 0 Å². The van der Waals surface area contributed by atoms with E-state index in [1.165, 1.54) is 19.2 Å². The van der Waals surface area contributed by atoms with Crippen LogP contribution in [0.2, 0.25) is 5.28 Å². The smallest absolute Gasteiger partial charge is 0.416 e. The highest BCUT2D eigenvalue weighted by molar-refractivity contribution is 6.28. The predicted molar refractivity (Wildman–Crippen MR) is 137 cm³/mol. The minimum atomic E-state index is -4.49. The molecule has 226 valence electrons. The monoisotopic (exact) mass is 615 g/mol. The lowest BCUT2D eigenvalue weighted by atomic mass is 9.93. The number of H-pyrrole nitrogens is 1. The number of aromatic amines is 1. The van der Waals surface area contributed by atoms with E-state index in [1.807, 2.05) is 0 Å². The van der Waals surface area contributed by atoms with Crippen molar-refractivity contribution in [3.8, 4) is 0 Å². The topological polar surface area (TPSA) is 220 Å². The molecule has 0 amide bonds. The Morgan fingerprint density at radius 1 is 1.21 bits per heavy atom. The normalized spacial score (nSPS) is 15.8. The summed E-state index contributed by atoms with van der Waals surface area (Å²) < 4.78 is 50.8. The van der Waals surface area contributed by atoms with Crippen LogP contribution in [0.25, 0.3) is 11.2 Å². The van der Waals surface area contributed by atoms with E-state index in [9.17, 15) is 33.3 Å². The van der Waals surface area contributed by atoms with E-state index in [-0.39, 0.29) is 47.4 Å². The summed E-state index contributed by atoms with van der Waals surface area (Å²) in [5.74, 6) is -1.89. The lowest BCUT2D eigenvalue weighted by Crippen LogP contribution is -2.46. The van der Waals surface area contributed by atoms with Gasteiger partial charge in [0.2, 0.25) is 16.7 Å². The largest absolute Gasteiger partial charge is 0.479 e. The van der Waals surface area contributed by atoms with Gasteiger partial charge in [-0.2, -0.15) is 28.4 Å². The standard InChI is InChI=1S/C23H25ClF3N9O6/c1-41-13(15(37)18(38)36-10-29-14-16(28)30-21(24)31-17(14)36)9-42-22(20(39)40,19-32-34-35-33-19)8-2-3-11-4-6-12(7-5-11)23(25,26)27/h4-7,10,13,15,18,37-38H,2-3,8-9H2,1H3,(H,39,40)(H2,28,30,31)(H,32,33,34,35)/t13-,15-,18-,22?/m1/s1. The number of halogens is 4. The van der Waals surface area contributed by atoms with Crippen molar-refractivity contribution >= 4 is 34.6 Å². The van der Waals surface area contributed by atoms with Crippen molar-refractivity contribution in [2.75, 3.05) is 19.5 Å². The second kappa shape index (κ2) is 12.5. The van der Waals surface area contributed by atoms with Crippen LogP contribution in [0.15, 0.2) is 30.6 Å². The number of rotatable bonds is 13. The Balaban J connectivity index is 1.51. The van der Waals surface area contributed by atoms with E-state index in [0.717, 1.165) is 23.0 Å². The van der Waals surface area contributed by atoms with Gasteiger partial charge in [-0.25, -0.2) is 9.78 Å². The Kier molecular flexibility index (Phi) is 9.21. The molecule has 4 rings (SSSR count). The zero-order chi connectivity index (χ0) is 30.7. The van der Waals surface area contributed by atoms with Crippen LogP contribution in [0, 0.1) is 0 Å². The molecule has 0 bridgehead atoms. The molecule has 15 nitrogen and oxygen atoms in total. The quantitative estimate of drug-likeness (QED) is 0.135. The number of nitrogens with one attached hydrogen (secondary N) is 1. The van der Waals surface area contributed by atoms with Crippen molar-refractivity contribution in [3.05, 3.63) is 52.8 Å². The summed E-state index contributed by atoms with van der Waals surface area (Å²) in [7, 11) is 1.20. The van der Waals surface area contributed by atoms with Crippen LogP contribution in [0.4, 0.5) is 19.0 Å². The summed E-state index contributed by atoms with van der Waals surface area (Å²) in [6.07, 6.45) is -8.01. The zero-order valence-electron chi connectivity index (χ0n) is 21.7. The highest BCUT2D eigenvalue weighted by Crippen LogP contribution is 2.32. The number of ether oxygens (including phenoxy) is 2. The first-order chi connectivity index (χ1) is 19.9. The van der Waals surface area contributed by atoms with Gasteiger partial charge >= 0.3 is 12.1 Å². The first-order valence-corrected chi connectivity index (χ1v) is 12.6. The Labute approximate surface area is 239 Å². The number of aromatic nitrogens is 8. The number of aliphatic hydroxyl groups excluding tert-OH is 2. The highest BCUT2D eigenvalue weighted by Gasteiger charge is 2.47. The molecule has 0 radical (unpaired) electrons. The number of fused-ring (bicyclic) bond motifs is 1. The van der Waals surface area contributed by atoms with Crippen molar-refractivity contribution in [3.63, 3.8) is 0 Å². The van der Waals surface area contributed by atoms with Gasteiger partial charge in [-0.05, 0) is 48.6 Å². The van der Waals surface area contributed by atoms with Crippen molar-refractivity contribution < 1.29 is 42.8 Å². The van der Waals surface area contributed by atoms with Crippen LogP contribution in [-0.4, -0.2) is 87.4 Å². The molecule has 0 fully saturated rings. The number of aliphatic carboxylic acids is 1. The number of carboxylic acid groups (broad SMARTS) is 1. The molecule has 0 spiro atoms. The number of nitrogens with two attached hydrogens (primary N) is 1. The van der Waals surface area contributed by atoms with Gasteiger partial charge in [0.15, 0.2) is 17.7 Å². The maximum absolute atomic E-state index is 12.9. The van der Waals surface area contributed by atoms with Gasteiger partial charge in [0.05, 0.1) is 18.5 Å². The van der Waals surface area contributed by atoms with Crippen LogP contribution in [0.5, 0.6) is 0 Å². The number of aryl methyl sites for hydroxylation is 1. The molecule has 3 heterocycles. The number of aliphatic hydroxyl groups is 2. The predicted octanol–water partition coefficient (Wildman–Crippen LogP) is 1.48. The molecule has 0 aliphatic rings. The summed E-state index contributed by atoms with van der Waals surface area (Å²) in [5.41, 5.74) is 3.44. The molecule has 0 aliphatic heterocycles. The summed E-state index contributed by atoms with van der Waals surface area (Å²) in [6, 6.07) is 4.46. The number of methoxy groups -OCH3 is 1. The number of carbonyl (C=O) groups is 1. The number of benzene rings is 1. The zero-order valence-corrected chi connectivity index (χ0v) is 22.5. The van der Waals surface area contributed by atoms with E-state index in [4.69, 9.17) is 26.8 Å². The van der Waals surface area contributed by atoms with Gasteiger partial charge in [0, 0.05) is 7.11 Å². The fourth-order valence-corrected chi connectivity index (χ4v) is 4.41. The van der Waals surface area contributed by atoms with Crippen LogP contribution in [-0.2, 0) is 32.5 Å². The second-order valence-electron chi connectivity index (χ2n) is 9.11. The third-order valence-electron chi connectivity index (χ3n) is 6.52. The Hall–Kier alpha value is -3.97. The lowest BCUT2D eigenvalue weighted by molar-refractivity contribution is -0.186. The molecule has 4 atom stereocenters. The van der Waals surface area contributed by atoms with E-state index in [1.54, 1.807) is 0 Å². The van der Waals surface area contributed by atoms with Crippen LogP contribution < -0.4 is 5.73 Å². The second-order valence-corrected chi connectivity index (χ2v) is 9.45. The molecule has 0 saturated carbocycles. The highest BCUT2D eigenvalue weighted by atomic mass is 35.5. The van der Waals surface area contributed by atoms with E-state index in [2.05, 4.69) is 35.6 Å². The molecule has 6 N–H and O–H groups in total. The lowest BCUT2D eigenvalue weighted by Gasteiger charge is -2.31. The van der Waals surface area contributed by atoms with Gasteiger partial charge < -0.3 is 30.5 Å². The number of nitrogens with zero attached hydrogens (tertiary/aromatic N) is 7. The molecular formula is C23H25ClF3N9O6. The number of imidazole rings is 1. The molecule has 1 unspecified atom stereocenters. The molecule has 1 aromatic carbocycles. The minimum absolute atomic E-state index is 0.0183. The third-order valence-corrected chi connectivity index (χ3v) is 6.69. The SMILES string of the molecule is CO[C@H](COC(CCCc1ccc(C(F)(F)F)cc1)(C(=O)O)c1nn[nH]n1)[C@@H](O)[C@@H](O)n1cnc2c(N)nc(Cl)nc21. The molecule has 19 heteroatoms. The molecule has 3 aromatic heterocycles. The van der Waals surface area contributed by atoms with Crippen molar-refractivity contribution in [2.45, 2.75) is 49.5 Å². The Bertz CT molecular complexity index is 1510. The number of nitrogen functional groups attached to an aromatic ring is 1. The number of alkyl halides is 3. The first-order valence-electron chi connectivity index (χ1n) is 12.2. The van der Waals surface area contributed by atoms with Gasteiger partial charge in [0.1, 0.15) is 17.7 Å². The van der Waals surface area contributed by atoms with Gasteiger partial charge in [-0.3, -0.25) is 4.57 Å². The number of carboxylic acids is 1. The minimum Gasteiger partial charge on any atom is -0.479 e. The third kappa shape index (κ3) is 6.41. The number of anilines is 1. The fourth-order valence-electron chi connectivity index (χ4n) is 4.24. The van der Waals surface area contributed by atoms with Gasteiger partial charge in [-0.1, -0.05) is 17.3 Å². The summed E-state index contributed by atoms with van der Waals surface area (Å²) in [4.78, 5) is 24.3. The van der Waals surface area contributed by atoms with E-state index in [0.29, 0.717) is 5.56 Å². The number of hydrogen-bond acceptors (Lipinski definition) is 12. The summed E-state index contributed by atoms with van der Waals surface area (Å²) in [6.45, 7) is -0.583. The van der Waals surface area contributed by atoms with Gasteiger partial charge in [0.25, 0.3) is 0 Å². The van der Waals surface area contributed by atoms with Gasteiger partial charge in [-0.15, -0.1) is 10.2 Å². The fraction of sp³-hybridized carbons (Fsp3) is 0.435. The van der Waals surface area contributed by atoms with E-state index >= 15 is 0 Å². The summed E-state index contributed by atoms with van der Waals surface area (Å²) in [5, 5.41) is 44.9. The average molecular weight is 616 g/mol. The summed E-state index contributed by atoms with van der Waals surface area (Å²) >= 11 is 5.86. The van der Waals surface area contributed by atoms with Crippen molar-refractivity contribution in [1.29, 1.82) is 0 Å². The van der Waals surface area contributed by atoms with Crippen LogP contribution >= 0.6 is 11.6 Å². The number of tetrazole rings is 1. The molecule has 0 saturated heterocycles. The molecule has 0 aliphatic carbocycles. The van der Waals surface area contributed by atoms with Crippen molar-refractivity contribution in [1.82, 2.24) is 40.1 Å². The maximum atomic E-state index is 12.9. The Morgan fingerprint density at radius 3 is 2.52 bits per heavy atom. The average Bonchev–Trinajstić information content (AvgIpc) is 3.62. The molecule has 4 aromatic rings. The molecular weight excluding hydrogens is 591 g/mol. The number of hydrogen-bond donors (Lipinski definition) is 5. The van der Waals surface area contributed by atoms with E-state index < -0.39 is 48.4 Å². The first kappa shape index (κ1) is 31.0. The molecule has 42 heavy (non-hydrogen) atoms. The Morgan fingerprint density at radius 2 is 1.93 bits per heavy atom.